The first-order valence-corrected chi connectivity index (χ1v) is 11.4. The standard InChI is InChI=1S/C25H20Cl3N3O3/c1-33-23-10-5-16(13-17(23)15-34-19-8-6-18(26)7-9-19)25(32)29-24-11-12-31(30-24)14-20-21(27)3-2-4-22(20)28/h2-13H,14-15H2,1H3,(H,29,30,32). The van der Waals surface area contributed by atoms with E-state index in [1.165, 1.54) is 0 Å². The molecule has 0 spiro atoms. The number of nitrogens with zero attached hydrogens (tertiary/aromatic N) is 2. The van der Waals surface area contributed by atoms with Crippen LogP contribution in [0.1, 0.15) is 21.5 Å². The Balaban J connectivity index is 1.44. The van der Waals surface area contributed by atoms with Gasteiger partial charge in [-0.2, -0.15) is 5.10 Å². The van der Waals surface area contributed by atoms with Crippen molar-refractivity contribution in [1.82, 2.24) is 9.78 Å². The van der Waals surface area contributed by atoms with Gasteiger partial charge in [-0.05, 0) is 54.6 Å². The molecule has 174 valence electrons. The molecule has 0 fully saturated rings. The molecule has 0 bridgehead atoms. The molecule has 0 radical (unpaired) electrons. The maximum Gasteiger partial charge on any atom is 0.256 e. The van der Waals surface area contributed by atoms with E-state index in [1.54, 1.807) is 84.7 Å². The third-order valence-electron chi connectivity index (χ3n) is 5.01. The van der Waals surface area contributed by atoms with Gasteiger partial charge in [0.2, 0.25) is 0 Å². The lowest BCUT2D eigenvalue weighted by molar-refractivity contribution is 0.102. The van der Waals surface area contributed by atoms with Crippen LogP contribution in [0.4, 0.5) is 5.82 Å². The zero-order valence-electron chi connectivity index (χ0n) is 18.1. The lowest BCUT2D eigenvalue weighted by Crippen LogP contribution is -2.14. The number of halogens is 3. The van der Waals surface area contributed by atoms with Crippen molar-refractivity contribution in [2.75, 3.05) is 12.4 Å². The Morgan fingerprint density at radius 1 is 1.00 bits per heavy atom. The van der Waals surface area contributed by atoms with Gasteiger partial charge >= 0.3 is 0 Å². The van der Waals surface area contributed by atoms with Gasteiger partial charge in [0.05, 0.1) is 13.7 Å². The van der Waals surface area contributed by atoms with Crippen molar-refractivity contribution in [3.05, 3.63) is 105 Å². The van der Waals surface area contributed by atoms with Gasteiger partial charge in [-0.1, -0.05) is 40.9 Å². The number of benzene rings is 3. The number of anilines is 1. The minimum atomic E-state index is -0.309. The Kier molecular flexibility index (Phi) is 7.63. The monoisotopic (exact) mass is 515 g/mol. The van der Waals surface area contributed by atoms with Crippen LogP contribution in [0.2, 0.25) is 15.1 Å². The highest BCUT2D eigenvalue weighted by Crippen LogP contribution is 2.26. The lowest BCUT2D eigenvalue weighted by atomic mass is 10.1. The van der Waals surface area contributed by atoms with Crippen molar-refractivity contribution in [1.29, 1.82) is 0 Å². The molecule has 0 unspecified atom stereocenters. The van der Waals surface area contributed by atoms with Crippen LogP contribution >= 0.6 is 34.8 Å². The van der Waals surface area contributed by atoms with Crippen LogP contribution in [0.15, 0.2) is 72.9 Å². The van der Waals surface area contributed by atoms with Crippen LogP contribution in [0, 0.1) is 0 Å². The highest BCUT2D eigenvalue weighted by Gasteiger charge is 2.13. The zero-order chi connectivity index (χ0) is 24.1. The molecule has 4 aromatic rings. The van der Waals surface area contributed by atoms with Crippen LogP contribution in [0.3, 0.4) is 0 Å². The van der Waals surface area contributed by atoms with Crippen molar-refractivity contribution in [3.8, 4) is 11.5 Å². The topological polar surface area (TPSA) is 65.4 Å². The zero-order valence-corrected chi connectivity index (χ0v) is 20.4. The molecule has 0 aliphatic rings. The lowest BCUT2D eigenvalue weighted by Gasteiger charge is -2.12. The van der Waals surface area contributed by atoms with Crippen LogP contribution in [0.25, 0.3) is 0 Å². The Bertz CT molecular complexity index is 1290. The van der Waals surface area contributed by atoms with Crippen LogP contribution < -0.4 is 14.8 Å². The minimum absolute atomic E-state index is 0.221. The van der Waals surface area contributed by atoms with Gasteiger partial charge in [-0.25, -0.2) is 0 Å². The van der Waals surface area contributed by atoms with Crippen LogP contribution in [0.5, 0.6) is 11.5 Å². The second-order valence-corrected chi connectivity index (χ2v) is 8.57. The predicted molar refractivity (Wildman–Crippen MR) is 135 cm³/mol. The molecular weight excluding hydrogens is 497 g/mol. The van der Waals surface area contributed by atoms with Gasteiger partial charge in [-0.3, -0.25) is 9.48 Å². The molecular formula is C25H20Cl3N3O3. The minimum Gasteiger partial charge on any atom is -0.496 e. The molecule has 0 saturated heterocycles. The third-order valence-corrected chi connectivity index (χ3v) is 5.97. The Morgan fingerprint density at radius 3 is 2.44 bits per heavy atom. The normalized spacial score (nSPS) is 10.7. The first kappa shape index (κ1) is 24.0. The molecule has 0 atom stereocenters. The second-order valence-electron chi connectivity index (χ2n) is 7.32. The number of rotatable bonds is 8. The van der Waals surface area contributed by atoms with Gasteiger partial charge in [-0.15, -0.1) is 0 Å². The molecule has 0 saturated carbocycles. The summed E-state index contributed by atoms with van der Waals surface area (Å²) in [5.74, 6) is 1.37. The van der Waals surface area contributed by atoms with Gasteiger partial charge in [0, 0.05) is 44.0 Å². The van der Waals surface area contributed by atoms with Gasteiger partial charge in [0.25, 0.3) is 5.91 Å². The van der Waals surface area contributed by atoms with E-state index in [1.807, 2.05) is 0 Å². The number of carbonyl (C=O) groups excluding carboxylic acids is 1. The molecule has 1 aromatic heterocycles. The first-order valence-electron chi connectivity index (χ1n) is 10.3. The molecule has 3 aromatic carbocycles. The summed E-state index contributed by atoms with van der Waals surface area (Å²) in [6.07, 6.45) is 1.74. The van der Waals surface area contributed by atoms with Crippen molar-refractivity contribution in [2.24, 2.45) is 0 Å². The van der Waals surface area contributed by atoms with Gasteiger partial charge < -0.3 is 14.8 Å². The summed E-state index contributed by atoms with van der Waals surface area (Å²) in [4.78, 5) is 12.9. The van der Waals surface area contributed by atoms with E-state index in [2.05, 4.69) is 10.4 Å². The molecule has 4 rings (SSSR count). The number of ether oxygens (including phenoxy) is 2. The fourth-order valence-corrected chi connectivity index (χ4v) is 3.92. The fourth-order valence-electron chi connectivity index (χ4n) is 3.27. The van der Waals surface area contributed by atoms with Crippen LogP contribution in [-0.2, 0) is 13.2 Å². The molecule has 1 heterocycles. The Labute approximate surface area is 212 Å². The molecule has 0 aliphatic carbocycles. The van der Waals surface area contributed by atoms with Crippen LogP contribution in [-0.4, -0.2) is 22.8 Å². The molecule has 1 amide bonds. The summed E-state index contributed by atoms with van der Waals surface area (Å²) < 4.78 is 12.9. The molecule has 6 nitrogen and oxygen atoms in total. The average Bonchev–Trinajstić information content (AvgIpc) is 3.27. The average molecular weight is 517 g/mol. The van der Waals surface area contributed by atoms with E-state index >= 15 is 0 Å². The SMILES string of the molecule is COc1ccc(C(=O)Nc2ccn(Cc3c(Cl)cccc3Cl)n2)cc1COc1ccc(Cl)cc1. The summed E-state index contributed by atoms with van der Waals surface area (Å²) >= 11 is 18.4. The number of aromatic nitrogens is 2. The summed E-state index contributed by atoms with van der Waals surface area (Å²) in [5, 5.41) is 8.94. The van der Waals surface area contributed by atoms with E-state index in [-0.39, 0.29) is 12.5 Å². The quantitative estimate of drug-likeness (QED) is 0.282. The van der Waals surface area contributed by atoms with Gasteiger partial charge in [0.1, 0.15) is 18.1 Å². The summed E-state index contributed by atoms with van der Waals surface area (Å²) in [7, 11) is 1.57. The summed E-state index contributed by atoms with van der Waals surface area (Å²) in [5.41, 5.74) is 1.93. The maximum atomic E-state index is 12.9. The van der Waals surface area contributed by atoms with Crippen molar-refractivity contribution >= 4 is 46.5 Å². The largest absolute Gasteiger partial charge is 0.496 e. The second kappa shape index (κ2) is 10.8. The first-order chi connectivity index (χ1) is 16.4. The number of hydrogen-bond donors (Lipinski definition) is 1. The highest BCUT2D eigenvalue weighted by molar-refractivity contribution is 6.36. The molecule has 1 N–H and O–H groups in total. The van der Waals surface area contributed by atoms with Crippen molar-refractivity contribution < 1.29 is 14.3 Å². The van der Waals surface area contributed by atoms with E-state index in [9.17, 15) is 4.79 Å². The number of amides is 1. The number of carbonyl (C=O) groups is 1. The van der Waals surface area contributed by atoms with E-state index in [0.29, 0.717) is 44.5 Å². The molecule has 34 heavy (non-hydrogen) atoms. The number of methoxy groups -OCH3 is 1. The summed E-state index contributed by atoms with van der Waals surface area (Å²) in [6, 6.07) is 19.2. The smallest absolute Gasteiger partial charge is 0.256 e. The van der Waals surface area contributed by atoms with E-state index < -0.39 is 0 Å². The van der Waals surface area contributed by atoms with E-state index in [0.717, 1.165) is 11.1 Å². The van der Waals surface area contributed by atoms with E-state index in [4.69, 9.17) is 44.3 Å². The molecule has 0 aliphatic heterocycles. The number of hydrogen-bond acceptors (Lipinski definition) is 4. The van der Waals surface area contributed by atoms with Crippen molar-refractivity contribution in [2.45, 2.75) is 13.2 Å². The fraction of sp³-hybridized carbons (Fsp3) is 0.120. The maximum absolute atomic E-state index is 12.9. The Morgan fingerprint density at radius 2 is 1.74 bits per heavy atom. The third kappa shape index (κ3) is 5.83. The summed E-state index contributed by atoms with van der Waals surface area (Å²) in [6.45, 7) is 0.599. The highest BCUT2D eigenvalue weighted by atomic mass is 35.5. The predicted octanol–water partition coefficient (Wildman–Crippen LogP) is 6.73. The molecule has 9 heteroatoms. The number of nitrogens with one attached hydrogen (secondary N) is 1. The van der Waals surface area contributed by atoms with Gasteiger partial charge in [0.15, 0.2) is 5.82 Å². The van der Waals surface area contributed by atoms with Crippen molar-refractivity contribution in [3.63, 3.8) is 0 Å². The Hall–Kier alpha value is -3.19.